The first-order valence-electron chi connectivity index (χ1n) is 9.64. The highest BCUT2D eigenvalue weighted by atomic mass is 16.4. The predicted octanol–water partition coefficient (Wildman–Crippen LogP) is 3.12. The number of benzene rings is 2. The molecule has 3 aromatic rings. The lowest BCUT2D eigenvalue weighted by Gasteiger charge is -2.33. The van der Waals surface area contributed by atoms with Gasteiger partial charge in [0.15, 0.2) is 5.58 Å². The van der Waals surface area contributed by atoms with E-state index in [1.165, 1.54) is 10.1 Å². The smallest absolute Gasteiger partial charge is 0.408 e. The SMILES string of the molecule is Cn1c(=O)oc2cc(C(O)CN3CCC(Cc4ccccc4)CC3)ccc21. The van der Waals surface area contributed by atoms with Gasteiger partial charge in [-0.1, -0.05) is 36.4 Å². The van der Waals surface area contributed by atoms with Gasteiger partial charge in [0.2, 0.25) is 0 Å². The van der Waals surface area contributed by atoms with Crippen molar-refractivity contribution in [3.63, 3.8) is 0 Å². The Morgan fingerprint density at radius 1 is 1.15 bits per heavy atom. The van der Waals surface area contributed by atoms with E-state index in [0.29, 0.717) is 12.1 Å². The van der Waals surface area contributed by atoms with Crippen LogP contribution in [-0.2, 0) is 13.5 Å². The quantitative estimate of drug-likeness (QED) is 0.754. The lowest BCUT2D eigenvalue weighted by atomic mass is 9.90. The Morgan fingerprint density at radius 3 is 2.63 bits per heavy atom. The molecule has 1 aliphatic rings. The number of fused-ring (bicyclic) bond motifs is 1. The lowest BCUT2D eigenvalue weighted by Crippen LogP contribution is -2.37. The normalized spacial score (nSPS) is 17.4. The molecule has 27 heavy (non-hydrogen) atoms. The van der Waals surface area contributed by atoms with Crippen LogP contribution in [0, 0.1) is 5.92 Å². The molecule has 1 saturated heterocycles. The average molecular weight is 366 g/mol. The molecule has 1 aromatic heterocycles. The number of rotatable bonds is 5. The van der Waals surface area contributed by atoms with Gasteiger partial charge in [-0.15, -0.1) is 0 Å². The maximum Gasteiger partial charge on any atom is 0.419 e. The summed E-state index contributed by atoms with van der Waals surface area (Å²) in [5.41, 5.74) is 3.48. The Labute approximate surface area is 158 Å². The van der Waals surface area contributed by atoms with E-state index in [9.17, 15) is 9.90 Å². The molecule has 0 bridgehead atoms. The fraction of sp³-hybridized carbons (Fsp3) is 0.409. The molecule has 4 rings (SSSR count). The largest absolute Gasteiger partial charge is 0.419 e. The molecule has 5 nitrogen and oxygen atoms in total. The van der Waals surface area contributed by atoms with Gasteiger partial charge in [-0.2, -0.15) is 0 Å². The first-order valence-corrected chi connectivity index (χ1v) is 9.64. The van der Waals surface area contributed by atoms with Gasteiger partial charge < -0.3 is 14.4 Å². The molecule has 1 unspecified atom stereocenters. The van der Waals surface area contributed by atoms with E-state index >= 15 is 0 Å². The number of aliphatic hydroxyl groups excluding tert-OH is 1. The van der Waals surface area contributed by atoms with E-state index in [-0.39, 0.29) is 5.76 Å². The van der Waals surface area contributed by atoms with Crippen molar-refractivity contribution >= 4 is 11.1 Å². The van der Waals surface area contributed by atoms with E-state index in [1.54, 1.807) is 13.1 Å². The van der Waals surface area contributed by atoms with E-state index in [1.807, 2.05) is 12.1 Å². The van der Waals surface area contributed by atoms with E-state index in [4.69, 9.17) is 4.42 Å². The maximum absolute atomic E-state index is 11.6. The van der Waals surface area contributed by atoms with Gasteiger partial charge >= 0.3 is 5.76 Å². The van der Waals surface area contributed by atoms with Crippen molar-refractivity contribution in [1.82, 2.24) is 9.47 Å². The topological polar surface area (TPSA) is 58.6 Å². The molecule has 0 amide bonds. The minimum atomic E-state index is -0.578. The van der Waals surface area contributed by atoms with Crippen molar-refractivity contribution in [1.29, 1.82) is 0 Å². The fourth-order valence-electron chi connectivity index (χ4n) is 4.03. The minimum Gasteiger partial charge on any atom is -0.408 e. The molecule has 1 N–H and O–H groups in total. The third-order valence-corrected chi connectivity index (χ3v) is 5.71. The number of oxazole rings is 1. The van der Waals surface area contributed by atoms with E-state index in [2.05, 4.69) is 35.2 Å². The minimum absolute atomic E-state index is 0.378. The third-order valence-electron chi connectivity index (χ3n) is 5.71. The van der Waals surface area contributed by atoms with Crippen LogP contribution in [0.3, 0.4) is 0 Å². The van der Waals surface area contributed by atoms with Crippen molar-refractivity contribution in [2.24, 2.45) is 13.0 Å². The number of likely N-dealkylation sites (tertiary alicyclic amines) is 1. The number of nitrogens with zero attached hydrogens (tertiary/aromatic N) is 2. The highest BCUT2D eigenvalue weighted by Crippen LogP contribution is 2.25. The van der Waals surface area contributed by atoms with Gasteiger partial charge in [-0.25, -0.2) is 4.79 Å². The van der Waals surface area contributed by atoms with Gasteiger partial charge in [0.1, 0.15) is 0 Å². The monoisotopic (exact) mass is 366 g/mol. The van der Waals surface area contributed by atoms with Crippen molar-refractivity contribution in [3.8, 4) is 0 Å². The van der Waals surface area contributed by atoms with Crippen LogP contribution in [0.25, 0.3) is 11.1 Å². The first-order chi connectivity index (χ1) is 13.1. The Balaban J connectivity index is 1.34. The second-order valence-electron chi connectivity index (χ2n) is 7.60. The number of hydrogen-bond acceptors (Lipinski definition) is 4. The number of β-amino-alcohol motifs (C(OH)–C–C–N with tert-alkyl or cyclic N) is 1. The predicted molar refractivity (Wildman–Crippen MR) is 106 cm³/mol. The second-order valence-corrected chi connectivity index (χ2v) is 7.60. The van der Waals surface area contributed by atoms with Gasteiger partial charge in [-0.3, -0.25) is 4.57 Å². The number of hydrogen-bond donors (Lipinski definition) is 1. The average Bonchev–Trinajstić information content (AvgIpc) is 2.97. The molecule has 1 aliphatic heterocycles. The Hall–Kier alpha value is -2.37. The lowest BCUT2D eigenvalue weighted by molar-refractivity contribution is 0.0893. The number of aliphatic hydroxyl groups is 1. The summed E-state index contributed by atoms with van der Waals surface area (Å²) < 4.78 is 6.71. The summed E-state index contributed by atoms with van der Waals surface area (Å²) in [5, 5.41) is 10.6. The number of aromatic nitrogens is 1. The highest BCUT2D eigenvalue weighted by Gasteiger charge is 2.22. The molecule has 0 spiro atoms. The molecule has 0 radical (unpaired) electrons. The molecule has 0 saturated carbocycles. The van der Waals surface area contributed by atoms with Crippen LogP contribution in [-0.4, -0.2) is 34.2 Å². The van der Waals surface area contributed by atoms with Crippen LogP contribution in [0.2, 0.25) is 0 Å². The molecule has 2 aromatic carbocycles. The van der Waals surface area contributed by atoms with E-state index < -0.39 is 6.10 Å². The van der Waals surface area contributed by atoms with Crippen LogP contribution in [0.5, 0.6) is 0 Å². The summed E-state index contributed by atoms with van der Waals surface area (Å²) in [6, 6.07) is 16.2. The molecule has 142 valence electrons. The Bertz CT molecular complexity index is 953. The number of piperidine rings is 1. The van der Waals surface area contributed by atoms with Gasteiger partial charge in [0.05, 0.1) is 11.6 Å². The molecule has 2 heterocycles. The zero-order valence-electron chi connectivity index (χ0n) is 15.7. The summed E-state index contributed by atoms with van der Waals surface area (Å²) >= 11 is 0. The molecule has 5 heteroatoms. The molecule has 1 atom stereocenters. The molecular weight excluding hydrogens is 340 g/mol. The summed E-state index contributed by atoms with van der Waals surface area (Å²) in [6.45, 7) is 2.63. The van der Waals surface area contributed by atoms with E-state index in [0.717, 1.165) is 49.4 Å². The van der Waals surface area contributed by atoms with Gasteiger partial charge in [0.25, 0.3) is 0 Å². The van der Waals surface area contributed by atoms with Crippen molar-refractivity contribution in [2.45, 2.75) is 25.4 Å². The zero-order valence-corrected chi connectivity index (χ0v) is 15.7. The highest BCUT2D eigenvalue weighted by molar-refractivity contribution is 5.73. The summed E-state index contributed by atoms with van der Waals surface area (Å²) in [4.78, 5) is 14.0. The first kappa shape index (κ1) is 18.0. The van der Waals surface area contributed by atoms with Crippen molar-refractivity contribution in [3.05, 3.63) is 70.2 Å². The molecule has 1 fully saturated rings. The standard InChI is InChI=1S/C22H26N2O3/c1-23-19-8-7-18(14-21(19)27-22(23)26)20(25)15-24-11-9-17(10-12-24)13-16-5-3-2-4-6-16/h2-8,14,17,20,25H,9-13,15H2,1H3. The molecule has 0 aliphatic carbocycles. The molecular formula is C22H26N2O3. The van der Waals surface area contributed by atoms with Crippen molar-refractivity contribution in [2.75, 3.05) is 19.6 Å². The fourth-order valence-corrected chi connectivity index (χ4v) is 4.03. The third kappa shape index (κ3) is 3.99. The van der Waals surface area contributed by atoms with Crippen LogP contribution in [0.4, 0.5) is 0 Å². The van der Waals surface area contributed by atoms with Crippen LogP contribution < -0.4 is 5.76 Å². The number of aryl methyl sites for hydroxylation is 1. The van der Waals surface area contributed by atoms with Gasteiger partial charge in [0, 0.05) is 13.6 Å². The van der Waals surface area contributed by atoms with Crippen LogP contribution in [0.1, 0.15) is 30.1 Å². The summed E-state index contributed by atoms with van der Waals surface area (Å²) in [7, 11) is 1.68. The Morgan fingerprint density at radius 2 is 1.89 bits per heavy atom. The zero-order chi connectivity index (χ0) is 18.8. The summed E-state index contributed by atoms with van der Waals surface area (Å²) in [5.74, 6) is 0.341. The summed E-state index contributed by atoms with van der Waals surface area (Å²) in [6.07, 6.45) is 2.88. The van der Waals surface area contributed by atoms with Crippen LogP contribution in [0.15, 0.2) is 57.7 Å². The van der Waals surface area contributed by atoms with Crippen LogP contribution >= 0.6 is 0 Å². The Kier molecular flexibility index (Phi) is 5.14. The van der Waals surface area contributed by atoms with Crippen molar-refractivity contribution < 1.29 is 9.52 Å². The second kappa shape index (κ2) is 7.71. The maximum atomic E-state index is 11.6. The van der Waals surface area contributed by atoms with Gasteiger partial charge in [-0.05, 0) is 61.5 Å².